The summed E-state index contributed by atoms with van der Waals surface area (Å²) in [5.41, 5.74) is 1.62. The smallest absolute Gasteiger partial charge is 0.227 e. The van der Waals surface area contributed by atoms with E-state index in [0.29, 0.717) is 31.4 Å². The zero-order valence-electron chi connectivity index (χ0n) is 15.5. The van der Waals surface area contributed by atoms with Crippen LogP contribution in [-0.2, 0) is 14.8 Å². The van der Waals surface area contributed by atoms with Crippen molar-refractivity contribution in [3.63, 3.8) is 0 Å². The van der Waals surface area contributed by atoms with Gasteiger partial charge in [0.2, 0.25) is 15.9 Å². The maximum atomic E-state index is 12.5. The molecule has 1 heterocycles. The first-order valence-corrected chi connectivity index (χ1v) is 10.7. The molecule has 0 saturated heterocycles. The fourth-order valence-electron chi connectivity index (χ4n) is 3.17. The number of carbonyl (C=O) groups excluding carboxylic acids is 1. The average molecular weight is 391 g/mol. The lowest BCUT2D eigenvalue weighted by atomic mass is 9.86. The first kappa shape index (κ1) is 19.6. The van der Waals surface area contributed by atoms with Crippen LogP contribution in [0.15, 0.2) is 41.1 Å². The Morgan fingerprint density at radius 2 is 1.78 bits per heavy atom. The SMILES string of the molecule is CC(C)S(=O)(=O)NC1CCC(C(=O)Nc2ccc(-c3ccno3)cc2)CC1. The number of nitrogens with one attached hydrogen (secondary N) is 2. The summed E-state index contributed by atoms with van der Waals surface area (Å²) in [5, 5.41) is 6.18. The molecule has 2 aromatic rings. The highest BCUT2D eigenvalue weighted by atomic mass is 32.2. The van der Waals surface area contributed by atoms with Gasteiger partial charge >= 0.3 is 0 Å². The summed E-state index contributed by atoms with van der Waals surface area (Å²) in [6.07, 6.45) is 4.28. The van der Waals surface area contributed by atoms with Crippen molar-refractivity contribution < 1.29 is 17.7 Å². The summed E-state index contributed by atoms with van der Waals surface area (Å²) in [4.78, 5) is 12.5. The minimum Gasteiger partial charge on any atom is -0.356 e. The van der Waals surface area contributed by atoms with Crippen LogP contribution in [0.1, 0.15) is 39.5 Å². The molecule has 0 bridgehead atoms. The largest absolute Gasteiger partial charge is 0.356 e. The molecule has 27 heavy (non-hydrogen) atoms. The molecule has 146 valence electrons. The third kappa shape index (κ3) is 4.95. The van der Waals surface area contributed by atoms with E-state index in [4.69, 9.17) is 4.52 Å². The second-order valence-corrected chi connectivity index (χ2v) is 9.47. The van der Waals surface area contributed by atoms with E-state index < -0.39 is 15.3 Å². The number of rotatable bonds is 6. The number of aromatic nitrogens is 1. The van der Waals surface area contributed by atoms with E-state index in [-0.39, 0.29) is 17.9 Å². The van der Waals surface area contributed by atoms with Crippen molar-refractivity contribution in [2.45, 2.75) is 50.8 Å². The van der Waals surface area contributed by atoms with Crippen molar-refractivity contribution in [2.24, 2.45) is 5.92 Å². The standard InChI is InChI=1S/C19H25N3O4S/c1-13(2)27(24,25)22-17-9-5-15(6-10-17)19(23)21-16-7-3-14(4-8-16)18-11-12-20-26-18/h3-4,7-8,11-13,15,17,22H,5-6,9-10H2,1-2H3,(H,21,23). The lowest BCUT2D eigenvalue weighted by molar-refractivity contribution is -0.120. The van der Waals surface area contributed by atoms with Crippen LogP contribution in [0.2, 0.25) is 0 Å². The van der Waals surface area contributed by atoms with Gasteiger partial charge in [0, 0.05) is 29.3 Å². The van der Waals surface area contributed by atoms with E-state index in [2.05, 4.69) is 15.2 Å². The minimum atomic E-state index is -3.27. The predicted octanol–water partition coefficient (Wildman–Crippen LogP) is 3.17. The van der Waals surface area contributed by atoms with Crippen LogP contribution in [0, 0.1) is 5.92 Å². The number of anilines is 1. The van der Waals surface area contributed by atoms with Gasteiger partial charge in [-0.05, 0) is 63.8 Å². The van der Waals surface area contributed by atoms with Gasteiger partial charge in [-0.2, -0.15) is 0 Å². The van der Waals surface area contributed by atoms with E-state index in [9.17, 15) is 13.2 Å². The Bertz CT molecular complexity index is 853. The Morgan fingerprint density at radius 3 is 2.33 bits per heavy atom. The molecule has 8 heteroatoms. The summed E-state index contributed by atoms with van der Waals surface area (Å²) in [7, 11) is -3.27. The summed E-state index contributed by atoms with van der Waals surface area (Å²) in [6.45, 7) is 3.32. The van der Waals surface area contributed by atoms with Crippen LogP contribution in [0.3, 0.4) is 0 Å². The summed E-state index contributed by atoms with van der Waals surface area (Å²) in [6, 6.07) is 9.10. The van der Waals surface area contributed by atoms with Gasteiger partial charge in [-0.25, -0.2) is 13.1 Å². The van der Waals surface area contributed by atoms with Gasteiger partial charge in [-0.3, -0.25) is 4.79 Å². The maximum Gasteiger partial charge on any atom is 0.227 e. The van der Waals surface area contributed by atoms with Crippen molar-refractivity contribution in [3.8, 4) is 11.3 Å². The van der Waals surface area contributed by atoms with Crippen LogP contribution >= 0.6 is 0 Å². The third-order valence-electron chi connectivity index (χ3n) is 4.92. The zero-order valence-corrected chi connectivity index (χ0v) is 16.3. The van der Waals surface area contributed by atoms with Crippen molar-refractivity contribution in [1.29, 1.82) is 0 Å². The van der Waals surface area contributed by atoms with Crippen molar-refractivity contribution in [1.82, 2.24) is 9.88 Å². The van der Waals surface area contributed by atoms with Crippen LogP contribution in [-0.4, -0.2) is 30.8 Å². The van der Waals surface area contributed by atoms with Crippen LogP contribution in [0.25, 0.3) is 11.3 Å². The van der Waals surface area contributed by atoms with Gasteiger partial charge in [0.25, 0.3) is 0 Å². The van der Waals surface area contributed by atoms with Gasteiger partial charge in [0.05, 0.1) is 11.4 Å². The Labute approximate surface area is 159 Å². The second-order valence-electron chi connectivity index (χ2n) is 7.20. The molecule has 0 atom stereocenters. The number of sulfonamides is 1. The molecule has 1 saturated carbocycles. The van der Waals surface area contributed by atoms with Crippen LogP contribution in [0.5, 0.6) is 0 Å². The normalized spacial score (nSPS) is 20.6. The van der Waals surface area contributed by atoms with Gasteiger partial charge < -0.3 is 9.84 Å². The molecule has 1 fully saturated rings. The Hall–Kier alpha value is -2.19. The molecule has 0 radical (unpaired) electrons. The Morgan fingerprint density at radius 1 is 1.11 bits per heavy atom. The highest BCUT2D eigenvalue weighted by Crippen LogP contribution is 2.27. The lowest BCUT2D eigenvalue weighted by Crippen LogP contribution is -2.42. The molecule has 1 aliphatic rings. The molecule has 0 spiro atoms. The number of amides is 1. The summed E-state index contributed by atoms with van der Waals surface area (Å²) < 4.78 is 31.8. The van der Waals surface area contributed by atoms with E-state index in [0.717, 1.165) is 11.3 Å². The average Bonchev–Trinajstić information content (AvgIpc) is 3.17. The molecule has 0 unspecified atom stereocenters. The van der Waals surface area contributed by atoms with Gasteiger partial charge in [0.1, 0.15) is 0 Å². The highest BCUT2D eigenvalue weighted by Gasteiger charge is 2.29. The summed E-state index contributed by atoms with van der Waals surface area (Å²) >= 11 is 0. The lowest BCUT2D eigenvalue weighted by Gasteiger charge is -2.28. The molecule has 1 aromatic heterocycles. The van der Waals surface area contributed by atoms with Crippen LogP contribution in [0.4, 0.5) is 5.69 Å². The Balaban J connectivity index is 1.51. The van der Waals surface area contributed by atoms with Gasteiger partial charge in [-0.15, -0.1) is 0 Å². The molecule has 1 amide bonds. The third-order valence-corrected chi connectivity index (χ3v) is 6.83. The number of nitrogens with zero attached hydrogens (tertiary/aromatic N) is 1. The van der Waals surface area contributed by atoms with Gasteiger partial charge in [0.15, 0.2) is 5.76 Å². The van der Waals surface area contributed by atoms with Crippen molar-refractivity contribution >= 4 is 21.6 Å². The zero-order chi connectivity index (χ0) is 19.4. The topological polar surface area (TPSA) is 101 Å². The second kappa shape index (κ2) is 8.22. The first-order valence-electron chi connectivity index (χ1n) is 9.18. The van der Waals surface area contributed by atoms with E-state index >= 15 is 0 Å². The number of carbonyl (C=O) groups is 1. The highest BCUT2D eigenvalue weighted by molar-refractivity contribution is 7.90. The number of benzene rings is 1. The molecular formula is C19H25N3O4S. The fourth-order valence-corrected chi connectivity index (χ4v) is 4.14. The Kier molecular flexibility index (Phi) is 5.96. The predicted molar refractivity (Wildman–Crippen MR) is 104 cm³/mol. The first-order chi connectivity index (χ1) is 12.8. The van der Waals surface area contributed by atoms with Crippen molar-refractivity contribution in [2.75, 3.05) is 5.32 Å². The molecule has 7 nitrogen and oxygen atoms in total. The minimum absolute atomic E-state index is 0.0208. The summed E-state index contributed by atoms with van der Waals surface area (Å²) in [5.74, 6) is 0.557. The maximum absolute atomic E-state index is 12.5. The van der Waals surface area contributed by atoms with E-state index in [1.54, 1.807) is 26.1 Å². The van der Waals surface area contributed by atoms with Gasteiger partial charge in [-0.1, -0.05) is 5.16 Å². The molecule has 1 aliphatic carbocycles. The van der Waals surface area contributed by atoms with E-state index in [1.807, 2.05) is 24.3 Å². The molecule has 2 N–H and O–H groups in total. The molecular weight excluding hydrogens is 366 g/mol. The molecule has 1 aromatic carbocycles. The van der Waals surface area contributed by atoms with Crippen molar-refractivity contribution in [3.05, 3.63) is 36.5 Å². The van der Waals surface area contributed by atoms with Crippen LogP contribution < -0.4 is 10.0 Å². The number of hydrogen-bond acceptors (Lipinski definition) is 5. The number of hydrogen-bond donors (Lipinski definition) is 2. The quantitative estimate of drug-likeness (QED) is 0.788. The van der Waals surface area contributed by atoms with E-state index in [1.165, 1.54) is 0 Å². The molecule has 3 rings (SSSR count). The fraction of sp³-hybridized carbons (Fsp3) is 0.474. The monoisotopic (exact) mass is 391 g/mol. The molecule has 0 aliphatic heterocycles.